The van der Waals surface area contributed by atoms with Gasteiger partial charge in [0, 0.05) is 5.02 Å². The number of amides is 1. The molecule has 1 N–H and O–H groups in total. The predicted octanol–water partition coefficient (Wildman–Crippen LogP) is 4.67. The van der Waals surface area contributed by atoms with E-state index >= 15 is 0 Å². The van der Waals surface area contributed by atoms with Crippen LogP contribution < -0.4 is 10.1 Å². The number of thiazole rings is 1. The quantitative estimate of drug-likeness (QED) is 0.730. The van der Waals surface area contributed by atoms with Gasteiger partial charge in [-0.25, -0.2) is 4.98 Å². The molecule has 0 bridgehead atoms. The molecule has 1 aromatic heterocycles. The largest absolute Gasteiger partial charge is 0.493 e. The Balaban J connectivity index is 1.58. The van der Waals surface area contributed by atoms with Crippen molar-refractivity contribution in [1.82, 2.24) is 4.98 Å². The third-order valence-corrected chi connectivity index (χ3v) is 4.68. The smallest absolute Gasteiger partial charge is 0.229 e. The minimum Gasteiger partial charge on any atom is -0.493 e. The van der Waals surface area contributed by atoms with Crippen molar-refractivity contribution < 1.29 is 9.53 Å². The molecule has 0 fully saturated rings. The Morgan fingerprint density at radius 1 is 1.26 bits per heavy atom. The van der Waals surface area contributed by atoms with Gasteiger partial charge in [-0.1, -0.05) is 41.1 Å². The second-order valence-electron chi connectivity index (χ2n) is 5.00. The lowest BCUT2D eigenvalue weighted by molar-refractivity contribution is -0.116. The molecule has 0 aliphatic heterocycles. The molecule has 0 unspecified atom stereocenters. The van der Waals surface area contributed by atoms with E-state index in [2.05, 4.69) is 10.3 Å². The van der Waals surface area contributed by atoms with Crippen molar-refractivity contribution in [3.05, 3.63) is 53.1 Å². The Hall–Kier alpha value is -2.11. The average molecular weight is 347 g/mol. The minimum atomic E-state index is -0.122. The summed E-state index contributed by atoms with van der Waals surface area (Å²) in [6, 6.07) is 13.2. The van der Waals surface area contributed by atoms with Crippen molar-refractivity contribution in [2.24, 2.45) is 0 Å². The fourth-order valence-electron chi connectivity index (χ4n) is 2.11. The maximum absolute atomic E-state index is 12.0. The van der Waals surface area contributed by atoms with Gasteiger partial charge >= 0.3 is 0 Å². The average Bonchev–Trinajstić information content (AvgIpc) is 2.95. The summed E-state index contributed by atoms with van der Waals surface area (Å²) < 4.78 is 6.52. The summed E-state index contributed by atoms with van der Waals surface area (Å²) in [5, 5.41) is 4.07. The molecule has 0 saturated heterocycles. The van der Waals surface area contributed by atoms with Crippen LogP contribution in [0.4, 0.5) is 5.13 Å². The Morgan fingerprint density at radius 3 is 2.83 bits per heavy atom. The number of hydrogen-bond acceptors (Lipinski definition) is 4. The number of hydrogen-bond donors (Lipinski definition) is 1. The summed E-state index contributed by atoms with van der Waals surface area (Å²) in [5.74, 6) is 0.634. The van der Waals surface area contributed by atoms with E-state index < -0.39 is 0 Å². The van der Waals surface area contributed by atoms with Gasteiger partial charge in [0.15, 0.2) is 5.13 Å². The molecule has 2 aromatic carbocycles. The van der Waals surface area contributed by atoms with E-state index in [9.17, 15) is 4.79 Å². The van der Waals surface area contributed by atoms with Crippen molar-refractivity contribution in [2.45, 2.75) is 13.3 Å². The second kappa shape index (κ2) is 6.98. The molecule has 118 valence electrons. The molecule has 0 aliphatic rings. The molecule has 0 aliphatic carbocycles. The Kier molecular flexibility index (Phi) is 4.79. The topological polar surface area (TPSA) is 51.2 Å². The van der Waals surface area contributed by atoms with Gasteiger partial charge in [-0.15, -0.1) is 0 Å². The van der Waals surface area contributed by atoms with Gasteiger partial charge in [0.05, 0.1) is 23.2 Å². The molecule has 0 saturated carbocycles. The van der Waals surface area contributed by atoms with Gasteiger partial charge in [0.2, 0.25) is 5.91 Å². The van der Waals surface area contributed by atoms with Crippen LogP contribution in [0.25, 0.3) is 10.2 Å². The third-order valence-electron chi connectivity index (χ3n) is 3.34. The standard InChI is InChI=1S/C17H15ClN2O2S/c1-11-13(18)7-8-14-16(11)20-17(23-14)19-15(21)9-10-22-12-5-3-2-4-6-12/h2-8H,9-10H2,1H3,(H,19,20,21). The van der Waals surface area contributed by atoms with Crippen molar-refractivity contribution in [1.29, 1.82) is 0 Å². The van der Waals surface area contributed by atoms with E-state index in [4.69, 9.17) is 16.3 Å². The monoisotopic (exact) mass is 346 g/mol. The fourth-order valence-corrected chi connectivity index (χ4v) is 3.21. The minimum absolute atomic E-state index is 0.122. The number of carbonyl (C=O) groups excluding carboxylic acids is 1. The number of ether oxygens (including phenoxy) is 1. The van der Waals surface area contributed by atoms with Crippen LogP contribution in [0.1, 0.15) is 12.0 Å². The van der Waals surface area contributed by atoms with Crippen LogP contribution in [0.5, 0.6) is 5.75 Å². The summed E-state index contributed by atoms with van der Waals surface area (Å²) in [6.07, 6.45) is 0.268. The zero-order valence-electron chi connectivity index (χ0n) is 12.5. The number of benzene rings is 2. The van der Waals surface area contributed by atoms with Gasteiger partial charge < -0.3 is 10.1 Å². The van der Waals surface area contributed by atoms with Crippen LogP contribution in [0.15, 0.2) is 42.5 Å². The molecule has 0 atom stereocenters. The zero-order chi connectivity index (χ0) is 16.2. The first-order chi connectivity index (χ1) is 11.1. The van der Waals surface area contributed by atoms with Crippen LogP contribution in [0.2, 0.25) is 5.02 Å². The van der Waals surface area contributed by atoms with Crippen LogP contribution in [0, 0.1) is 6.92 Å². The van der Waals surface area contributed by atoms with Crippen molar-refractivity contribution in [3.8, 4) is 5.75 Å². The highest BCUT2D eigenvalue weighted by molar-refractivity contribution is 7.22. The normalized spacial score (nSPS) is 10.7. The van der Waals surface area contributed by atoms with Crippen molar-refractivity contribution in [2.75, 3.05) is 11.9 Å². The van der Waals surface area contributed by atoms with Crippen molar-refractivity contribution in [3.63, 3.8) is 0 Å². The number of para-hydroxylation sites is 1. The Bertz CT molecular complexity index is 833. The van der Waals surface area contributed by atoms with Gasteiger partial charge in [-0.05, 0) is 36.8 Å². The number of nitrogens with zero attached hydrogens (tertiary/aromatic N) is 1. The Labute approximate surface area is 143 Å². The first-order valence-corrected chi connectivity index (χ1v) is 8.36. The Morgan fingerprint density at radius 2 is 2.04 bits per heavy atom. The first-order valence-electron chi connectivity index (χ1n) is 7.17. The van der Waals surface area contributed by atoms with Crippen LogP contribution >= 0.6 is 22.9 Å². The number of aromatic nitrogens is 1. The van der Waals surface area contributed by atoms with E-state index in [1.807, 2.05) is 49.4 Å². The molecule has 4 nitrogen and oxygen atoms in total. The molecule has 3 aromatic rings. The lowest BCUT2D eigenvalue weighted by Crippen LogP contribution is -2.15. The lowest BCUT2D eigenvalue weighted by atomic mass is 10.2. The summed E-state index contributed by atoms with van der Waals surface area (Å²) in [5.41, 5.74) is 1.76. The van der Waals surface area contributed by atoms with E-state index in [-0.39, 0.29) is 12.3 Å². The van der Waals surface area contributed by atoms with Gasteiger partial charge in [-0.2, -0.15) is 0 Å². The van der Waals surface area contributed by atoms with Crippen LogP contribution in [0.3, 0.4) is 0 Å². The van der Waals surface area contributed by atoms with Crippen molar-refractivity contribution >= 4 is 44.2 Å². The summed E-state index contributed by atoms with van der Waals surface area (Å²) >= 11 is 7.53. The van der Waals surface area contributed by atoms with Crippen LogP contribution in [-0.4, -0.2) is 17.5 Å². The highest BCUT2D eigenvalue weighted by Crippen LogP contribution is 2.31. The molecule has 1 heterocycles. The molecule has 0 radical (unpaired) electrons. The van der Waals surface area contributed by atoms with E-state index in [0.717, 1.165) is 21.5 Å². The van der Waals surface area contributed by atoms with E-state index in [0.29, 0.717) is 16.8 Å². The summed E-state index contributed by atoms with van der Waals surface area (Å²) in [4.78, 5) is 16.4. The molecular formula is C17H15ClN2O2S. The SMILES string of the molecule is Cc1c(Cl)ccc2sc(NC(=O)CCOc3ccccc3)nc12. The summed E-state index contributed by atoms with van der Waals surface area (Å²) in [7, 11) is 0. The maximum Gasteiger partial charge on any atom is 0.229 e. The predicted molar refractivity (Wildman–Crippen MR) is 94.6 cm³/mol. The van der Waals surface area contributed by atoms with E-state index in [1.165, 1.54) is 11.3 Å². The molecule has 3 rings (SSSR count). The second-order valence-corrected chi connectivity index (χ2v) is 6.44. The molecule has 0 spiro atoms. The number of anilines is 1. The highest BCUT2D eigenvalue weighted by atomic mass is 35.5. The number of halogens is 1. The van der Waals surface area contributed by atoms with Gasteiger partial charge in [-0.3, -0.25) is 4.79 Å². The number of carbonyl (C=O) groups is 1. The highest BCUT2D eigenvalue weighted by Gasteiger charge is 2.11. The zero-order valence-corrected chi connectivity index (χ0v) is 14.1. The van der Waals surface area contributed by atoms with E-state index in [1.54, 1.807) is 0 Å². The summed E-state index contributed by atoms with van der Waals surface area (Å²) in [6.45, 7) is 2.25. The van der Waals surface area contributed by atoms with Gasteiger partial charge in [0.1, 0.15) is 5.75 Å². The molecule has 23 heavy (non-hydrogen) atoms. The number of aryl methyl sites for hydroxylation is 1. The fraction of sp³-hybridized carbons (Fsp3) is 0.176. The molecular weight excluding hydrogens is 332 g/mol. The number of rotatable bonds is 5. The number of nitrogens with one attached hydrogen (secondary N) is 1. The number of fused-ring (bicyclic) bond motifs is 1. The molecule has 1 amide bonds. The maximum atomic E-state index is 12.0. The van der Waals surface area contributed by atoms with Crippen LogP contribution in [-0.2, 0) is 4.79 Å². The van der Waals surface area contributed by atoms with Gasteiger partial charge in [0.25, 0.3) is 0 Å². The first kappa shape index (κ1) is 15.8. The third kappa shape index (κ3) is 3.81. The molecule has 6 heteroatoms. The lowest BCUT2D eigenvalue weighted by Gasteiger charge is -2.05.